The maximum absolute atomic E-state index is 12.2. The zero-order chi connectivity index (χ0) is 17.8. The normalized spacial score (nSPS) is 10.7. The van der Waals surface area contributed by atoms with Crippen molar-refractivity contribution in [1.82, 2.24) is 4.98 Å². The molecule has 3 rings (SSSR count). The number of amides is 1. The lowest BCUT2D eigenvalue weighted by Gasteiger charge is -2.03. The molecule has 1 amide bonds. The van der Waals surface area contributed by atoms with Crippen LogP contribution in [0.15, 0.2) is 41.3 Å². The molecule has 0 aliphatic rings. The van der Waals surface area contributed by atoms with Crippen LogP contribution in [-0.4, -0.2) is 30.9 Å². The Morgan fingerprint density at radius 3 is 2.52 bits per heavy atom. The van der Waals surface area contributed by atoms with Gasteiger partial charge in [-0.25, -0.2) is 4.98 Å². The summed E-state index contributed by atoms with van der Waals surface area (Å²) >= 11 is 8.64. The molecule has 1 aromatic heterocycles. The lowest BCUT2D eigenvalue weighted by Crippen LogP contribution is -2.13. The first-order valence-electron chi connectivity index (χ1n) is 7.30. The lowest BCUT2D eigenvalue weighted by atomic mass is 10.3. The van der Waals surface area contributed by atoms with Crippen LogP contribution in [0.1, 0.15) is 0 Å². The van der Waals surface area contributed by atoms with Crippen LogP contribution >= 0.6 is 34.7 Å². The summed E-state index contributed by atoms with van der Waals surface area (Å²) in [5.74, 6) is 1.50. The third kappa shape index (κ3) is 4.18. The molecule has 0 radical (unpaired) electrons. The average Bonchev–Trinajstić information content (AvgIpc) is 3.03. The summed E-state index contributed by atoms with van der Waals surface area (Å²) in [6.07, 6.45) is 0. The fourth-order valence-electron chi connectivity index (χ4n) is 2.17. The number of hydrogen-bond acceptors (Lipinski definition) is 6. The van der Waals surface area contributed by atoms with Crippen LogP contribution in [0.2, 0.25) is 5.02 Å². The predicted molar refractivity (Wildman–Crippen MR) is 104 cm³/mol. The first-order valence-corrected chi connectivity index (χ1v) is 9.48. The summed E-state index contributed by atoms with van der Waals surface area (Å²) in [5, 5.41) is 4.01. The van der Waals surface area contributed by atoms with Crippen LogP contribution in [-0.2, 0) is 4.79 Å². The Morgan fingerprint density at radius 1 is 1.16 bits per heavy atom. The Bertz CT molecular complexity index is 856. The minimum atomic E-state index is -0.128. The van der Waals surface area contributed by atoms with Gasteiger partial charge in [-0.1, -0.05) is 22.9 Å². The van der Waals surface area contributed by atoms with Crippen molar-refractivity contribution in [3.8, 4) is 11.5 Å². The molecule has 0 atom stereocenters. The van der Waals surface area contributed by atoms with E-state index in [2.05, 4.69) is 10.3 Å². The van der Waals surface area contributed by atoms with Gasteiger partial charge in [0.05, 0.1) is 20.0 Å². The van der Waals surface area contributed by atoms with Gasteiger partial charge in [0.15, 0.2) is 5.13 Å². The fourth-order valence-corrected chi connectivity index (χ4v) is 3.99. The van der Waals surface area contributed by atoms with E-state index in [0.29, 0.717) is 27.2 Å². The number of halogens is 1. The van der Waals surface area contributed by atoms with Gasteiger partial charge in [-0.3, -0.25) is 4.79 Å². The van der Waals surface area contributed by atoms with E-state index >= 15 is 0 Å². The Balaban J connectivity index is 1.71. The zero-order valence-corrected chi connectivity index (χ0v) is 15.9. The number of aromatic nitrogens is 1. The molecule has 130 valence electrons. The van der Waals surface area contributed by atoms with E-state index in [1.807, 2.05) is 18.2 Å². The molecule has 8 heteroatoms. The standard InChI is InChI=1S/C17H15ClN2O3S2/c1-22-12-7-8-13(23-2)16-15(12)20-17(25-16)19-14(21)9-24-11-5-3-10(18)4-6-11/h3-8H,9H2,1-2H3,(H,19,20,21). The fraction of sp³-hybridized carbons (Fsp3) is 0.176. The van der Waals surface area contributed by atoms with Crippen molar-refractivity contribution < 1.29 is 14.3 Å². The monoisotopic (exact) mass is 394 g/mol. The average molecular weight is 395 g/mol. The molecule has 5 nitrogen and oxygen atoms in total. The van der Waals surface area contributed by atoms with E-state index in [9.17, 15) is 4.79 Å². The number of nitrogens with one attached hydrogen (secondary N) is 1. The second-order valence-electron chi connectivity index (χ2n) is 4.96. The van der Waals surface area contributed by atoms with E-state index < -0.39 is 0 Å². The second kappa shape index (κ2) is 7.95. The van der Waals surface area contributed by atoms with Crippen LogP contribution in [0.25, 0.3) is 10.2 Å². The second-order valence-corrected chi connectivity index (χ2v) is 7.44. The van der Waals surface area contributed by atoms with Gasteiger partial charge in [-0.05, 0) is 36.4 Å². The smallest absolute Gasteiger partial charge is 0.236 e. The van der Waals surface area contributed by atoms with Crippen molar-refractivity contribution in [3.63, 3.8) is 0 Å². The predicted octanol–water partition coefficient (Wildman–Crippen LogP) is 4.70. The zero-order valence-electron chi connectivity index (χ0n) is 13.5. The van der Waals surface area contributed by atoms with E-state index in [1.165, 1.54) is 23.1 Å². The van der Waals surface area contributed by atoms with Crippen LogP contribution < -0.4 is 14.8 Å². The summed E-state index contributed by atoms with van der Waals surface area (Å²) in [6, 6.07) is 11.0. The molecule has 2 aromatic carbocycles. The van der Waals surface area contributed by atoms with Gasteiger partial charge in [-0.15, -0.1) is 11.8 Å². The highest BCUT2D eigenvalue weighted by atomic mass is 35.5. The minimum Gasteiger partial charge on any atom is -0.495 e. The SMILES string of the molecule is COc1ccc(OC)c2sc(NC(=O)CSc3ccc(Cl)cc3)nc12. The molecule has 1 heterocycles. The van der Waals surface area contributed by atoms with Crippen molar-refractivity contribution in [3.05, 3.63) is 41.4 Å². The summed E-state index contributed by atoms with van der Waals surface area (Å²) in [4.78, 5) is 17.6. The molecule has 0 aliphatic carbocycles. The maximum Gasteiger partial charge on any atom is 0.236 e. The first kappa shape index (κ1) is 17.8. The summed E-state index contributed by atoms with van der Waals surface area (Å²) < 4.78 is 11.5. The highest BCUT2D eigenvalue weighted by molar-refractivity contribution is 8.00. The van der Waals surface area contributed by atoms with Crippen LogP contribution in [0.3, 0.4) is 0 Å². The van der Waals surface area contributed by atoms with E-state index in [-0.39, 0.29) is 11.7 Å². The third-order valence-corrected chi connectivity index (χ3v) is 5.59. The van der Waals surface area contributed by atoms with Gasteiger partial charge in [-0.2, -0.15) is 0 Å². The Kier molecular flexibility index (Phi) is 5.67. The molecule has 3 aromatic rings. The van der Waals surface area contributed by atoms with E-state index in [1.54, 1.807) is 32.4 Å². The number of thiazole rings is 1. The van der Waals surface area contributed by atoms with Gasteiger partial charge >= 0.3 is 0 Å². The third-order valence-electron chi connectivity index (χ3n) is 3.34. The number of carbonyl (C=O) groups is 1. The van der Waals surface area contributed by atoms with Gasteiger partial charge in [0.1, 0.15) is 21.7 Å². The molecule has 25 heavy (non-hydrogen) atoms. The number of carbonyl (C=O) groups excluding carboxylic acids is 1. The van der Waals surface area contributed by atoms with Crippen LogP contribution in [0, 0.1) is 0 Å². The van der Waals surface area contributed by atoms with Crippen molar-refractivity contribution in [1.29, 1.82) is 0 Å². The Morgan fingerprint density at radius 2 is 1.84 bits per heavy atom. The molecule has 0 bridgehead atoms. The largest absolute Gasteiger partial charge is 0.495 e. The maximum atomic E-state index is 12.2. The lowest BCUT2D eigenvalue weighted by molar-refractivity contribution is -0.113. The Labute approximate surface area is 158 Å². The molecule has 0 unspecified atom stereocenters. The molecule has 0 saturated carbocycles. The van der Waals surface area contributed by atoms with Crippen molar-refractivity contribution in [2.45, 2.75) is 4.90 Å². The number of thioether (sulfide) groups is 1. The van der Waals surface area contributed by atoms with Crippen LogP contribution in [0.5, 0.6) is 11.5 Å². The minimum absolute atomic E-state index is 0.128. The molecule has 0 aliphatic heterocycles. The summed E-state index contributed by atoms with van der Waals surface area (Å²) in [6.45, 7) is 0. The van der Waals surface area contributed by atoms with Crippen molar-refractivity contribution >= 4 is 56.0 Å². The number of fused-ring (bicyclic) bond motifs is 1. The molecular weight excluding hydrogens is 380 g/mol. The van der Waals surface area contributed by atoms with E-state index in [4.69, 9.17) is 21.1 Å². The first-order chi connectivity index (χ1) is 12.1. The Hall–Kier alpha value is -1.96. The topological polar surface area (TPSA) is 60.5 Å². The highest BCUT2D eigenvalue weighted by Gasteiger charge is 2.15. The quantitative estimate of drug-likeness (QED) is 0.614. The number of methoxy groups -OCH3 is 2. The van der Waals surface area contributed by atoms with Gasteiger partial charge < -0.3 is 14.8 Å². The number of rotatable bonds is 6. The van der Waals surface area contributed by atoms with Crippen molar-refractivity contribution in [2.75, 3.05) is 25.3 Å². The number of ether oxygens (including phenoxy) is 2. The molecule has 0 saturated heterocycles. The summed E-state index contributed by atoms with van der Waals surface area (Å²) in [5.41, 5.74) is 0.674. The van der Waals surface area contributed by atoms with Gasteiger partial charge in [0.25, 0.3) is 0 Å². The van der Waals surface area contributed by atoms with Gasteiger partial charge in [0, 0.05) is 9.92 Å². The van der Waals surface area contributed by atoms with E-state index in [0.717, 1.165) is 9.60 Å². The number of hydrogen-bond donors (Lipinski definition) is 1. The highest BCUT2D eigenvalue weighted by Crippen LogP contribution is 2.38. The van der Waals surface area contributed by atoms with Gasteiger partial charge in [0.2, 0.25) is 5.91 Å². The molecule has 0 spiro atoms. The molecule has 0 fully saturated rings. The van der Waals surface area contributed by atoms with Crippen LogP contribution in [0.4, 0.5) is 5.13 Å². The number of nitrogens with zero attached hydrogens (tertiary/aromatic N) is 1. The number of anilines is 1. The molecular formula is C17H15ClN2O3S2. The summed E-state index contributed by atoms with van der Waals surface area (Å²) in [7, 11) is 3.18. The number of benzene rings is 2. The molecule has 1 N–H and O–H groups in total. The van der Waals surface area contributed by atoms with Crippen molar-refractivity contribution in [2.24, 2.45) is 0 Å².